The Hall–Kier alpha value is -2.48. The molecule has 0 aliphatic carbocycles. The monoisotopic (exact) mass is 418 g/mol. The lowest BCUT2D eigenvalue weighted by atomic mass is 9.94. The van der Waals surface area contributed by atoms with Gasteiger partial charge in [-0.05, 0) is 53.4 Å². The zero-order chi connectivity index (χ0) is 23.0. The van der Waals surface area contributed by atoms with Crippen LogP contribution in [0.3, 0.4) is 0 Å². The van der Waals surface area contributed by atoms with Gasteiger partial charge in [0.05, 0.1) is 6.04 Å². The van der Waals surface area contributed by atoms with Crippen molar-refractivity contribution in [2.24, 2.45) is 17.8 Å². The molecule has 2 rings (SSSR count). The molecule has 2 heteroatoms. The van der Waals surface area contributed by atoms with E-state index in [1.54, 1.807) is 0 Å². The first kappa shape index (κ1) is 24.8. The molecule has 0 fully saturated rings. The Balaban J connectivity index is 2.03. The molecule has 0 spiro atoms. The molecule has 0 saturated carbocycles. The lowest BCUT2D eigenvalue weighted by Crippen LogP contribution is -2.41. The van der Waals surface area contributed by atoms with Crippen molar-refractivity contribution in [1.29, 1.82) is 0 Å². The van der Waals surface area contributed by atoms with E-state index in [0.29, 0.717) is 17.8 Å². The van der Waals surface area contributed by atoms with Crippen LogP contribution in [-0.2, 0) is 6.42 Å². The van der Waals surface area contributed by atoms with Gasteiger partial charge in [0, 0.05) is 17.4 Å². The Morgan fingerprint density at radius 3 is 2.10 bits per heavy atom. The fourth-order valence-corrected chi connectivity index (χ4v) is 4.03. The Kier molecular flexibility index (Phi) is 9.43. The number of rotatable bonds is 13. The summed E-state index contributed by atoms with van der Waals surface area (Å²) in [7, 11) is 0. The first-order valence-electron chi connectivity index (χ1n) is 11.7. The quantitative estimate of drug-likeness (QED) is 0.335. The van der Waals surface area contributed by atoms with Gasteiger partial charge in [0.25, 0.3) is 0 Å². The molecule has 0 saturated heterocycles. The second kappa shape index (κ2) is 11.8. The van der Waals surface area contributed by atoms with Gasteiger partial charge in [0.2, 0.25) is 0 Å². The van der Waals surface area contributed by atoms with Crippen molar-refractivity contribution >= 4 is 10.8 Å². The predicted octanol–water partition coefficient (Wildman–Crippen LogP) is 7.24. The number of allylic oxidation sites excluding steroid dienone is 1. The molecular weight excluding hydrogens is 376 g/mol. The van der Waals surface area contributed by atoms with Crippen LogP contribution in [0.4, 0.5) is 0 Å². The van der Waals surface area contributed by atoms with E-state index in [1.165, 1.54) is 16.3 Å². The first-order chi connectivity index (χ1) is 14.7. The second-order valence-electron chi connectivity index (χ2n) is 9.78. The number of benzene rings is 2. The molecule has 0 heterocycles. The summed E-state index contributed by atoms with van der Waals surface area (Å²) in [6, 6.07) is 15.7. The molecule has 2 aromatic rings. The highest BCUT2D eigenvalue weighted by atomic mass is 15.0. The predicted molar refractivity (Wildman–Crippen MR) is 138 cm³/mol. The van der Waals surface area contributed by atoms with Crippen molar-refractivity contribution in [2.45, 2.75) is 66.0 Å². The van der Waals surface area contributed by atoms with E-state index in [2.05, 4.69) is 107 Å². The number of hydrogen-bond acceptors (Lipinski definition) is 2. The van der Waals surface area contributed by atoms with Gasteiger partial charge < -0.3 is 10.6 Å². The van der Waals surface area contributed by atoms with Gasteiger partial charge in [-0.15, -0.1) is 6.58 Å². The van der Waals surface area contributed by atoms with E-state index < -0.39 is 0 Å². The van der Waals surface area contributed by atoms with E-state index in [0.717, 1.165) is 30.7 Å². The molecule has 0 aliphatic heterocycles. The summed E-state index contributed by atoms with van der Waals surface area (Å²) in [6.07, 6.45) is 5.03. The first-order valence-corrected chi connectivity index (χ1v) is 11.7. The Bertz CT molecular complexity index is 877. The molecule has 0 radical (unpaired) electrons. The van der Waals surface area contributed by atoms with Gasteiger partial charge >= 0.3 is 0 Å². The van der Waals surface area contributed by atoms with Crippen molar-refractivity contribution in [1.82, 2.24) is 10.6 Å². The molecule has 2 nitrogen and oxygen atoms in total. The fourth-order valence-electron chi connectivity index (χ4n) is 4.03. The molecule has 2 aromatic carbocycles. The average Bonchev–Trinajstić information content (AvgIpc) is 2.71. The molecule has 0 aliphatic rings. The highest BCUT2D eigenvalue weighted by Gasteiger charge is 2.19. The topological polar surface area (TPSA) is 24.1 Å². The van der Waals surface area contributed by atoms with Gasteiger partial charge in [-0.1, -0.05) is 96.3 Å². The van der Waals surface area contributed by atoms with E-state index in [4.69, 9.17) is 0 Å². The highest BCUT2D eigenvalue weighted by molar-refractivity contribution is 5.83. The van der Waals surface area contributed by atoms with Crippen molar-refractivity contribution in [3.8, 4) is 0 Å². The van der Waals surface area contributed by atoms with Crippen molar-refractivity contribution in [3.63, 3.8) is 0 Å². The van der Waals surface area contributed by atoms with Gasteiger partial charge in [0.1, 0.15) is 0 Å². The molecule has 0 amide bonds. The molecule has 168 valence electrons. The van der Waals surface area contributed by atoms with Crippen molar-refractivity contribution in [2.75, 3.05) is 0 Å². The van der Waals surface area contributed by atoms with Gasteiger partial charge in [-0.3, -0.25) is 0 Å². The summed E-state index contributed by atoms with van der Waals surface area (Å²) in [5, 5.41) is 9.88. The molecule has 0 aromatic heterocycles. The van der Waals surface area contributed by atoms with Crippen molar-refractivity contribution < 1.29 is 0 Å². The standard InChI is InChI=1S/C29H42N2/c1-9-28(16-20(2)3)30-24(8)29(17-21(4)5)31-23(7)22(6)18-25-14-15-26-12-10-11-13-27(26)19-25/h9-15,19-22,28-31H,1,7-8,16-18H2,2-6H3/t22?,28?,29-/m0/s1. The summed E-state index contributed by atoms with van der Waals surface area (Å²) >= 11 is 0. The normalized spacial score (nSPS) is 14.3. The highest BCUT2D eigenvalue weighted by Crippen LogP contribution is 2.21. The SMILES string of the molecule is C=CC(CC(C)C)NC(=C)[C@H](CC(C)C)NC(=C)C(C)Cc1ccc2ccccc2c1. The minimum absolute atomic E-state index is 0.154. The van der Waals surface area contributed by atoms with Crippen LogP contribution in [0, 0.1) is 17.8 Å². The summed E-state index contributed by atoms with van der Waals surface area (Å²) in [5.74, 6) is 1.50. The zero-order valence-corrected chi connectivity index (χ0v) is 20.2. The number of hydrogen-bond donors (Lipinski definition) is 2. The molecule has 2 N–H and O–H groups in total. The van der Waals surface area contributed by atoms with Crippen LogP contribution in [-0.4, -0.2) is 12.1 Å². The van der Waals surface area contributed by atoms with Crippen LogP contribution in [0.2, 0.25) is 0 Å². The van der Waals surface area contributed by atoms with Crippen LogP contribution < -0.4 is 10.6 Å². The van der Waals surface area contributed by atoms with Crippen LogP contribution in [0.25, 0.3) is 10.8 Å². The van der Waals surface area contributed by atoms with E-state index in [-0.39, 0.29) is 12.1 Å². The maximum atomic E-state index is 4.39. The Morgan fingerprint density at radius 1 is 0.839 bits per heavy atom. The van der Waals surface area contributed by atoms with Crippen molar-refractivity contribution in [3.05, 3.63) is 85.2 Å². The number of fused-ring (bicyclic) bond motifs is 1. The third-order valence-electron chi connectivity index (χ3n) is 5.82. The minimum atomic E-state index is 0.154. The Labute approximate surface area is 190 Å². The third kappa shape index (κ3) is 7.94. The summed E-state index contributed by atoms with van der Waals surface area (Å²) in [4.78, 5) is 0. The molecule has 2 unspecified atom stereocenters. The van der Waals surface area contributed by atoms with Gasteiger partial charge in [-0.2, -0.15) is 0 Å². The minimum Gasteiger partial charge on any atom is -0.381 e. The summed E-state index contributed by atoms with van der Waals surface area (Å²) in [5.41, 5.74) is 3.44. The van der Waals surface area contributed by atoms with Crippen LogP contribution in [0.15, 0.2) is 79.7 Å². The van der Waals surface area contributed by atoms with Crippen LogP contribution in [0.1, 0.15) is 53.0 Å². The lowest BCUT2D eigenvalue weighted by molar-refractivity contribution is 0.426. The summed E-state index contributed by atoms with van der Waals surface area (Å²) in [6.45, 7) is 24.0. The van der Waals surface area contributed by atoms with Crippen LogP contribution in [0.5, 0.6) is 0 Å². The van der Waals surface area contributed by atoms with Gasteiger partial charge in [-0.25, -0.2) is 0 Å². The van der Waals surface area contributed by atoms with E-state index in [1.807, 2.05) is 6.08 Å². The van der Waals surface area contributed by atoms with Gasteiger partial charge in [0.15, 0.2) is 0 Å². The maximum absolute atomic E-state index is 4.39. The smallest absolute Gasteiger partial charge is 0.0653 e. The molecule has 0 bridgehead atoms. The Morgan fingerprint density at radius 2 is 1.48 bits per heavy atom. The second-order valence-corrected chi connectivity index (χ2v) is 9.78. The lowest BCUT2D eigenvalue weighted by Gasteiger charge is -2.30. The largest absolute Gasteiger partial charge is 0.381 e. The number of nitrogens with one attached hydrogen (secondary N) is 2. The molecule has 3 atom stereocenters. The van der Waals surface area contributed by atoms with Crippen LogP contribution >= 0.6 is 0 Å². The van der Waals surface area contributed by atoms with E-state index in [9.17, 15) is 0 Å². The zero-order valence-electron chi connectivity index (χ0n) is 20.2. The third-order valence-corrected chi connectivity index (χ3v) is 5.82. The fraction of sp³-hybridized carbons (Fsp3) is 0.448. The molecule has 31 heavy (non-hydrogen) atoms. The molecular formula is C29H42N2. The summed E-state index contributed by atoms with van der Waals surface area (Å²) < 4.78 is 0. The average molecular weight is 419 g/mol. The maximum Gasteiger partial charge on any atom is 0.0653 e. The van der Waals surface area contributed by atoms with E-state index >= 15 is 0 Å².